The van der Waals surface area contributed by atoms with Crippen molar-refractivity contribution in [3.63, 3.8) is 0 Å². The van der Waals surface area contributed by atoms with Crippen LogP contribution >= 0.6 is 35.7 Å². The van der Waals surface area contributed by atoms with Crippen LogP contribution in [0.2, 0.25) is 0 Å². The second-order valence-electron chi connectivity index (χ2n) is 6.35. The van der Waals surface area contributed by atoms with Crippen LogP contribution in [0.3, 0.4) is 0 Å². The minimum atomic E-state index is -3.10. The summed E-state index contributed by atoms with van der Waals surface area (Å²) in [5.41, 5.74) is 0. The fourth-order valence-electron chi connectivity index (χ4n) is 2.84. The molecule has 0 spiro atoms. The number of rotatable bonds is 9. The van der Waals surface area contributed by atoms with Gasteiger partial charge in [-0.15, -0.1) is 35.7 Å². The lowest BCUT2D eigenvalue weighted by Crippen LogP contribution is -2.41. The lowest BCUT2D eigenvalue weighted by atomic mass is 10.2. The molecule has 0 aromatic heterocycles. The number of guanidine groups is 1. The molecule has 1 aromatic rings. The van der Waals surface area contributed by atoms with E-state index in [-0.39, 0.29) is 29.7 Å². The maximum atomic E-state index is 11.4. The fourth-order valence-corrected chi connectivity index (χ4v) is 4.55. The zero-order valence-corrected chi connectivity index (χ0v) is 20.0. The molecule has 6 nitrogen and oxygen atoms in total. The molecule has 2 N–H and O–H groups in total. The number of sulfonamides is 1. The Morgan fingerprint density at radius 3 is 2.70 bits per heavy atom. The number of thioether (sulfide) groups is 1. The van der Waals surface area contributed by atoms with E-state index in [0.717, 1.165) is 31.2 Å². The van der Waals surface area contributed by atoms with Gasteiger partial charge in [0.2, 0.25) is 10.0 Å². The average molecular weight is 527 g/mol. The van der Waals surface area contributed by atoms with Crippen molar-refractivity contribution in [1.82, 2.24) is 14.9 Å². The smallest absolute Gasteiger partial charge is 0.211 e. The molecule has 0 aliphatic carbocycles. The molecular formula is C18H31IN4O2S2. The van der Waals surface area contributed by atoms with E-state index in [9.17, 15) is 8.42 Å². The van der Waals surface area contributed by atoms with Crippen molar-refractivity contribution in [3.8, 4) is 0 Å². The van der Waals surface area contributed by atoms with Crippen molar-refractivity contribution in [1.29, 1.82) is 0 Å². The summed E-state index contributed by atoms with van der Waals surface area (Å²) in [4.78, 5) is 7.99. The van der Waals surface area contributed by atoms with E-state index >= 15 is 0 Å². The van der Waals surface area contributed by atoms with Crippen LogP contribution in [-0.4, -0.2) is 64.0 Å². The quantitative estimate of drug-likeness (QED) is 0.170. The van der Waals surface area contributed by atoms with Gasteiger partial charge in [-0.2, -0.15) is 0 Å². The highest BCUT2D eigenvalue weighted by molar-refractivity contribution is 14.0. The zero-order chi connectivity index (χ0) is 18.8. The van der Waals surface area contributed by atoms with Crippen LogP contribution in [0.15, 0.2) is 40.2 Å². The molecule has 154 valence electrons. The molecule has 1 aromatic carbocycles. The van der Waals surface area contributed by atoms with E-state index in [1.807, 2.05) is 17.8 Å². The monoisotopic (exact) mass is 526 g/mol. The molecule has 0 radical (unpaired) electrons. The Bertz CT molecular complexity index is 671. The average Bonchev–Trinajstić information content (AvgIpc) is 3.12. The molecule has 1 aliphatic heterocycles. The maximum Gasteiger partial charge on any atom is 0.211 e. The predicted molar refractivity (Wildman–Crippen MR) is 126 cm³/mol. The molecule has 1 saturated heterocycles. The molecule has 0 amide bonds. The van der Waals surface area contributed by atoms with Gasteiger partial charge in [0.15, 0.2) is 5.96 Å². The second-order valence-corrected chi connectivity index (χ2v) is 9.54. The molecule has 1 heterocycles. The van der Waals surface area contributed by atoms with E-state index in [1.165, 1.54) is 11.3 Å². The largest absolute Gasteiger partial charge is 0.356 e. The van der Waals surface area contributed by atoms with E-state index in [4.69, 9.17) is 0 Å². The van der Waals surface area contributed by atoms with Crippen molar-refractivity contribution in [3.05, 3.63) is 30.3 Å². The van der Waals surface area contributed by atoms with Crippen LogP contribution in [0.4, 0.5) is 0 Å². The van der Waals surface area contributed by atoms with E-state index < -0.39 is 10.0 Å². The van der Waals surface area contributed by atoms with E-state index in [0.29, 0.717) is 19.0 Å². The number of hydrogen-bond acceptors (Lipinski definition) is 4. The summed E-state index contributed by atoms with van der Waals surface area (Å²) in [5.74, 6) is 2.82. The van der Waals surface area contributed by atoms with E-state index in [2.05, 4.69) is 44.2 Å². The van der Waals surface area contributed by atoms with Gasteiger partial charge in [0, 0.05) is 43.9 Å². The summed E-state index contributed by atoms with van der Waals surface area (Å²) in [7, 11) is -1.30. The predicted octanol–water partition coefficient (Wildman–Crippen LogP) is 2.62. The first-order chi connectivity index (χ1) is 12.5. The third-order valence-corrected chi connectivity index (χ3v) is 7.01. The first kappa shape index (κ1) is 24.5. The van der Waals surface area contributed by atoms with Gasteiger partial charge in [0.1, 0.15) is 0 Å². The number of aliphatic imine (C=N–C) groups is 1. The molecule has 27 heavy (non-hydrogen) atoms. The summed E-state index contributed by atoms with van der Waals surface area (Å²) in [5, 5.41) is 3.34. The Balaban J connectivity index is 0.00000364. The van der Waals surface area contributed by atoms with Crippen molar-refractivity contribution in [2.45, 2.75) is 24.7 Å². The number of halogens is 1. The first-order valence-corrected chi connectivity index (χ1v) is 11.8. The number of likely N-dealkylation sites (tertiary alicyclic amines) is 1. The Labute approximate surface area is 185 Å². The van der Waals surface area contributed by atoms with Gasteiger partial charge >= 0.3 is 0 Å². The van der Waals surface area contributed by atoms with Gasteiger partial charge < -0.3 is 10.2 Å². The van der Waals surface area contributed by atoms with Crippen molar-refractivity contribution in [2.24, 2.45) is 10.9 Å². The normalized spacial score (nSPS) is 17.6. The van der Waals surface area contributed by atoms with Gasteiger partial charge in [-0.25, -0.2) is 13.1 Å². The van der Waals surface area contributed by atoms with Crippen LogP contribution in [0, 0.1) is 5.92 Å². The molecule has 0 saturated carbocycles. The number of nitrogens with zero attached hydrogens (tertiary/aromatic N) is 2. The van der Waals surface area contributed by atoms with Gasteiger partial charge in [-0.1, -0.05) is 18.2 Å². The van der Waals surface area contributed by atoms with Gasteiger partial charge in [-0.05, 0) is 37.8 Å². The van der Waals surface area contributed by atoms with Crippen LogP contribution in [0.1, 0.15) is 19.8 Å². The molecular weight excluding hydrogens is 495 g/mol. The topological polar surface area (TPSA) is 73.8 Å². The Kier molecular flexibility index (Phi) is 11.7. The third-order valence-electron chi connectivity index (χ3n) is 4.36. The number of nitrogens with one attached hydrogen (secondary N) is 2. The number of hydrogen-bond donors (Lipinski definition) is 2. The summed E-state index contributed by atoms with van der Waals surface area (Å²) < 4.78 is 25.4. The Hall–Kier alpha value is -0.520. The molecule has 1 unspecified atom stereocenters. The van der Waals surface area contributed by atoms with Gasteiger partial charge in [0.05, 0.1) is 5.75 Å². The highest BCUT2D eigenvalue weighted by Gasteiger charge is 2.24. The van der Waals surface area contributed by atoms with Crippen molar-refractivity contribution in [2.75, 3.05) is 44.7 Å². The summed E-state index contributed by atoms with van der Waals surface area (Å²) in [6.45, 7) is 4.84. The molecule has 9 heteroatoms. The molecule has 1 atom stereocenters. The van der Waals surface area contributed by atoms with Crippen molar-refractivity contribution < 1.29 is 8.42 Å². The lowest BCUT2D eigenvalue weighted by Gasteiger charge is -2.21. The minimum absolute atomic E-state index is 0. The molecule has 2 rings (SSSR count). The van der Waals surface area contributed by atoms with Crippen molar-refractivity contribution >= 4 is 51.7 Å². The zero-order valence-electron chi connectivity index (χ0n) is 16.1. The maximum absolute atomic E-state index is 11.4. The fraction of sp³-hybridized carbons (Fsp3) is 0.611. The van der Waals surface area contributed by atoms with Crippen LogP contribution in [0.5, 0.6) is 0 Å². The molecule has 1 fully saturated rings. The summed E-state index contributed by atoms with van der Waals surface area (Å²) in [6.07, 6.45) is 1.91. The van der Waals surface area contributed by atoms with Gasteiger partial charge in [-0.3, -0.25) is 4.99 Å². The lowest BCUT2D eigenvalue weighted by molar-refractivity contribution is 0.473. The SMILES string of the molecule is CCS(=O)(=O)NCCCNC(=NC)N1CCC(CSc2ccccc2)C1.I. The first-order valence-electron chi connectivity index (χ1n) is 9.15. The minimum Gasteiger partial charge on any atom is -0.356 e. The summed E-state index contributed by atoms with van der Waals surface area (Å²) >= 11 is 1.92. The Morgan fingerprint density at radius 2 is 2.04 bits per heavy atom. The molecule has 1 aliphatic rings. The summed E-state index contributed by atoms with van der Waals surface area (Å²) in [6, 6.07) is 10.5. The van der Waals surface area contributed by atoms with Crippen LogP contribution in [-0.2, 0) is 10.0 Å². The van der Waals surface area contributed by atoms with E-state index in [1.54, 1.807) is 14.0 Å². The number of benzene rings is 1. The highest BCUT2D eigenvalue weighted by atomic mass is 127. The Morgan fingerprint density at radius 1 is 1.30 bits per heavy atom. The highest BCUT2D eigenvalue weighted by Crippen LogP contribution is 2.25. The van der Waals surface area contributed by atoms with Crippen LogP contribution in [0.25, 0.3) is 0 Å². The van der Waals surface area contributed by atoms with Gasteiger partial charge in [0.25, 0.3) is 0 Å². The molecule has 0 bridgehead atoms. The third kappa shape index (κ3) is 9.01. The second kappa shape index (κ2) is 12.8. The standard InChI is InChI=1S/C18H30N4O2S2.HI/c1-3-26(23,24)21-12-7-11-20-18(19-2)22-13-10-16(14-22)15-25-17-8-5-4-6-9-17;/h4-6,8-9,16,21H,3,7,10-15H2,1-2H3,(H,19,20);1H. The van der Waals surface area contributed by atoms with Crippen LogP contribution < -0.4 is 10.0 Å².